The standard InChI is InChI=1S/C9H9N3O3/c13-10-4-7-1-8(5-11-14)3-9(2-7)6-12-15/h1-6,13-15H/b10-4+,11-5+,12-6+. The average molecular weight is 207 g/mol. The molecule has 78 valence electrons. The first-order valence-electron chi connectivity index (χ1n) is 3.97. The molecule has 0 amide bonds. The molecule has 3 N–H and O–H groups in total. The topological polar surface area (TPSA) is 97.8 Å². The molecule has 0 heterocycles. The van der Waals surface area contributed by atoms with E-state index in [1.54, 1.807) is 18.2 Å². The van der Waals surface area contributed by atoms with Crippen LogP contribution in [0.4, 0.5) is 0 Å². The van der Waals surface area contributed by atoms with Crippen LogP contribution >= 0.6 is 0 Å². The lowest BCUT2D eigenvalue weighted by molar-refractivity contribution is 0.322. The zero-order valence-corrected chi connectivity index (χ0v) is 7.65. The number of rotatable bonds is 3. The number of benzene rings is 1. The Balaban J connectivity index is 3.19. The molecular formula is C9H9N3O3. The molecule has 0 unspecified atom stereocenters. The third-order valence-corrected chi connectivity index (χ3v) is 1.62. The van der Waals surface area contributed by atoms with Crippen molar-refractivity contribution in [2.24, 2.45) is 15.5 Å². The van der Waals surface area contributed by atoms with Crippen molar-refractivity contribution in [1.82, 2.24) is 0 Å². The minimum atomic E-state index is 0.588. The quantitative estimate of drug-likeness (QED) is 0.393. The van der Waals surface area contributed by atoms with Crippen LogP contribution in [-0.4, -0.2) is 34.3 Å². The molecule has 0 aliphatic rings. The minimum absolute atomic E-state index is 0.588. The van der Waals surface area contributed by atoms with Gasteiger partial charge in [0.1, 0.15) is 0 Å². The molecule has 0 aliphatic heterocycles. The van der Waals surface area contributed by atoms with E-state index in [9.17, 15) is 0 Å². The highest BCUT2D eigenvalue weighted by Crippen LogP contribution is 2.06. The summed E-state index contributed by atoms with van der Waals surface area (Å²) in [5, 5.41) is 33.7. The van der Waals surface area contributed by atoms with Gasteiger partial charge in [0.15, 0.2) is 0 Å². The Bertz CT molecular complexity index is 339. The van der Waals surface area contributed by atoms with Crippen LogP contribution in [0.5, 0.6) is 0 Å². The highest BCUT2D eigenvalue weighted by molar-refractivity contribution is 5.91. The van der Waals surface area contributed by atoms with Crippen molar-refractivity contribution in [1.29, 1.82) is 0 Å². The maximum absolute atomic E-state index is 8.36. The van der Waals surface area contributed by atoms with E-state index in [0.717, 1.165) is 0 Å². The van der Waals surface area contributed by atoms with E-state index in [-0.39, 0.29) is 0 Å². The van der Waals surface area contributed by atoms with Gasteiger partial charge >= 0.3 is 0 Å². The smallest absolute Gasteiger partial charge is 0.0734 e. The monoisotopic (exact) mass is 207 g/mol. The average Bonchev–Trinajstić information content (AvgIpc) is 2.19. The second kappa shape index (κ2) is 5.38. The van der Waals surface area contributed by atoms with Crippen LogP contribution in [0.2, 0.25) is 0 Å². The van der Waals surface area contributed by atoms with E-state index in [1.165, 1.54) is 18.6 Å². The number of hydrogen-bond donors (Lipinski definition) is 3. The fourth-order valence-electron chi connectivity index (χ4n) is 1.13. The van der Waals surface area contributed by atoms with Crippen LogP contribution in [-0.2, 0) is 0 Å². The van der Waals surface area contributed by atoms with Crippen molar-refractivity contribution in [3.8, 4) is 0 Å². The van der Waals surface area contributed by atoms with Gasteiger partial charge in [-0.25, -0.2) is 0 Å². The van der Waals surface area contributed by atoms with Gasteiger partial charge < -0.3 is 15.6 Å². The molecule has 1 aromatic rings. The summed E-state index contributed by atoms with van der Waals surface area (Å²) in [4.78, 5) is 0. The van der Waals surface area contributed by atoms with Crippen molar-refractivity contribution in [3.63, 3.8) is 0 Å². The number of hydrogen-bond acceptors (Lipinski definition) is 6. The summed E-state index contributed by atoms with van der Waals surface area (Å²) in [5.41, 5.74) is 1.76. The van der Waals surface area contributed by atoms with Crippen LogP contribution in [0, 0.1) is 0 Å². The summed E-state index contributed by atoms with van der Waals surface area (Å²) in [5.74, 6) is 0. The summed E-state index contributed by atoms with van der Waals surface area (Å²) < 4.78 is 0. The van der Waals surface area contributed by atoms with E-state index >= 15 is 0 Å². The Morgan fingerprint density at radius 1 is 0.667 bits per heavy atom. The zero-order chi connectivity index (χ0) is 11.1. The van der Waals surface area contributed by atoms with Gasteiger partial charge in [-0.15, -0.1) is 0 Å². The predicted molar refractivity (Wildman–Crippen MR) is 54.6 cm³/mol. The van der Waals surface area contributed by atoms with Crippen molar-refractivity contribution in [2.75, 3.05) is 0 Å². The highest BCUT2D eigenvalue weighted by atomic mass is 16.4. The second-order valence-electron chi connectivity index (χ2n) is 2.67. The Morgan fingerprint density at radius 2 is 0.933 bits per heavy atom. The molecule has 0 atom stereocenters. The molecule has 0 saturated carbocycles. The number of nitrogens with zero attached hydrogens (tertiary/aromatic N) is 3. The predicted octanol–water partition coefficient (Wildman–Crippen LogP) is 1.11. The molecule has 6 heteroatoms. The molecule has 15 heavy (non-hydrogen) atoms. The molecule has 1 aromatic carbocycles. The molecule has 0 fully saturated rings. The Morgan fingerprint density at radius 3 is 1.13 bits per heavy atom. The first-order valence-corrected chi connectivity index (χ1v) is 3.97. The summed E-state index contributed by atoms with van der Waals surface area (Å²) in [6.45, 7) is 0. The lowest BCUT2D eigenvalue weighted by Gasteiger charge is -1.98. The Kier molecular flexibility index (Phi) is 3.84. The van der Waals surface area contributed by atoms with Crippen molar-refractivity contribution < 1.29 is 15.6 Å². The molecule has 0 aromatic heterocycles. The van der Waals surface area contributed by atoms with Gasteiger partial charge in [-0.3, -0.25) is 0 Å². The van der Waals surface area contributed by atoms with Gasteiger partial charge in [0.05, 0.1) is 18.6 Å². The molecule has 0 saturated heterocycles. The highest BCUT2D eigenvalue weighted by Gasteiger charge is 1.97. The van der Waals surface area contributed by atoms with E-state index in [2.05, 4.69) is 15.5 Å². The van der Waals surface area contributed by atoms with Gasteiger partial charge in [0.25, 0.3) is 0 Å². The fraction of sp³-hybridized carbons (Fsp3) is 0. The molecule has 1 rings (SSSR count). The molecule has 0 bridgehead atoms. The first kappa shape index (κ1) is 10.7. The van der Waals surface area contributed by atoms with E-state index in [4.69, 9.17) is 15.6 Å². The van der Waals surface area contributed by atoms with Crippen molar-refractivity contribution in [3.05, 3.63) is 34.9 Å². The van der Waals surface area contributed by atoms with E-state index in [1.807, 2.05) is 0 Å². The normalized spacial score (nSPS) is 12.0. The minimum Gasteiger partial charge on any atom is -0.411 e. The van der Waals surface area contributed by atoms with Gasteiger partial charge in [0, 0.05) is 0 Å². The second-order valence-corrected chi connectivity index (χ2v) is 2.67. The maximum Gasteiger partial charge on any atom is 0.0734 e. The first-order chi connectivity index (χ1) is 7.30. The third-order valence-electron chi connectivity index (χ3n) is 1.62. The molecule has 0 radical (unpaired) electrons. The van der Waals surface area contributed by atoms with Crippen molar-refractivity contribution >= 4 is 18.6 Å². The van der Waals surface area contributed by atoms with Crippen LogP contribution < -0.4 is 0 Å². The fourth-order valence-corrected chi connectivity index (χ4v) is 1.13. The summed E-state index contributed by atoms with van der Waals surface area (Å²) in [7, 11) is 0. The van der Waals surface area contributed by atoms with Crippen LogP contribution in [0.1, 0.15) is 16.7 Å². The summed E-state index contributed by atoms with van der Waals surface area (Å²) in [6.07, 6.45) is 3.64. The third kappa shape index (κ3) is 3.11. The maximum atomic E-state index is 8.36. The van der Waals surface area contributed by atoms with E-state index in [0.29, 0.717) is 16.7 Å². The molecular weight excluding hydrogens is 198 g/mol. The van der Waals surface area contributed by atoms with Gasteiger partial charge in [-0.1, -0.05) is 15.5 Å². The van der Waals surface area contributed by atoms with Crippen LogP contribution in [0.25, 0.3) is 0 Å². The van der Waals surface area contributed by atoms with Crippen LogP contribution in [0.15, 0.2) is 33.7 Å². The Hall–Kier alpha value is -2.37. The SMILES string of the molecule is O/N=C/c1cc(/C=N/O)cc(/C=N/O)c1. The lowest BCUT2D eigenvalue weighted by atomic mass is 10.1. The van der Waals surface area contributed by atoms with E-state index < -0.39 is 0 Å². The summed E-state index contributed by atoms with van der Waals surface area (Å²) in [6, 6.07) is 4.90. The van der Waals surface area contributed by atoms with Crippen molar-refractivity contribution in [2.45, 2.75) is 0 Å². The Labute approximate surface area is 85.5 Å². The molecule has 6 nitrogen and oxygen atoms in total. The molecule has 0 aliphatic carbocycles. The largest absolute Gasteiger partial charge is 0.411 e. The molecule has 0 spiro atoms. The lowest BCUT2D eigenvalue weighted by Crippen LogP contribution is -1.92. The van der Waals surface area contributed by atoms with Crippen LogP contribution in [0.3, 0.4) is 0 Å². The van der Waals surface area contributed by atoms with Gasteiger partial charge in [-0.2, -0.15) is 0 Å². The van der Waals surface area contributed by atoms with Gasteiger partial charge in [-0.05, 0) is 34.9 Å². The zero-order valence-electron chi connectivity index (χ0n) is 7.65. The summed E-state index contributed by atoms with van der Waals surface area (Å²) >= 11 is 0. The van der Waals surface area contributed by atoms with Gasteiger partial charge in [0.2, 0.25) is 0 Å². The number of oxime groups is 3.